The Morgan fingerprint density at radius 1 is 1.35 bits per heavy atom. The van der Waals surface area contributed by atoms with E-state index in [4.69, 9.17) is 0 Å². The summed E-state index contributed by atoms with van der Waals surface area (Å²) in [5, 5.41) is 2.95. The Kier molecular flexibility index (Phi) is 4.82. The molecule has 3 rings (SSSR count). The van der Waals surface area contributed by atoms with Gasteiger partial charge in [-0.3, -0.25) is 14.9 Å². The highest BCUT2D eigenvalue weighted by Crippen LogP contribution is 2.22. The van der Waals surface area contributed by atoms with Crippen LogP contribution in [-0.4, -0.2) is 49.0 Å². The molecule has 1 fully saturated rings. The molecule has 1 saturated heterocycles. The molecular weight excluding hydrogens is 358 g/mol. The number of aryl methyl sites for hydroxylation is 1. The predicted molar refractivity (Wildman–Crippen MR) is 97.1 cm³/mol. The number of nitrogens with one attached hydrogen (secondary N) is 1. The number of H-pyrrole nitrogens is 1. The van der Waals surface area contributed by atoms with Crippen LogP contribution in [0.25, 0.3) is 0 Å². The molecule has 0 spiro atoms. The molecule has 1 atom stereocenters. The van der Waals surface area contributed by atoms with Crippen molar-refractivity contribution in [2.45, 2.75) is 19.4 Å². The van der Waals surface area contributed by atoms with Crippen LogP contribution in [0.5, 0.6) is 0 Å². The largest absolute Gasteiger partial charge is 0.465 e. The van der Waals surface area contributed by atoms with Crippen LogP contribution >= 0.6 is 0 Å². The number of rotatable bonds is 4. The number of aromatic nitrogens is 2. The van der Waals surface area contributed by atoms with E-state index in [1.165, 1.54) is 18.0 Å². The molecular formula is C17H19N3O5S. The quantitative estimate of drug-likeness (QED) is 0.639. The van der Waals surface area contributed by atoms with Crippen molar-refractivity contribution in [3.05, 3.63) is 51.4 Å². The molecule has 1 unspecified atom stereocenters. The maximum absolute atomic E-state index is 12.6. The van der Waals surface area contributed by atoms with Gasteiger partial charge in [0.1, 0.15) is 0 Å². The zero-order valence-corrected chi connectivity index (χ0v) is 15.2. The molecule has 2 heterocycles. The zero-order chi connectivity index (χ0) is 18.9. The molecule has 2 aromatic rings. The van der Waals surface area contributed by atoms with Gasteiger partial charge < -0.3 is 4.74 Å². The Hall–Kier alpha value is -2.68. The summed E-state index contributed by atoms with van der Waals surface area (Å²) in [6.07, 6.45) is 1.87. The molecule has 26 heavy (non-hydrogen) atoms. The van der Waals surface area contributed by atoms with E-state index in [1.807, 2.05) is 0 Å². The number of hydrogen-bond acceptors (Lipinski definition) is 6. The van der Waals surface area contributed by atoms with E-state index in [0.717, 1.165) is 0 Å². The number of carbonyl (C=O) groups is 1. The highest BCUT2D eigenvalue weighted by Gasteiger charge is 2.31. The van der Waals surface area contributed by atoms with Gasteiger partial charge in [0, 0.05) is 11.9 Å². The maximum atomic E-state index is 12.6. The Morgan fingerprint density at radius 2 is 2.04 bits per heavy atom. The SMILES string of the molecule is COC(=O)c1ccc(N=Cc2c(C)[nH]n(C3CCS(=O)(=O)C3)c2=O)cc1. The molecule has 0 aliphatic carbocycles. The third kappa shape index (κ3) is 3.62. The summed E-state index contributed by atoms with van der Waals surface area (Å²) in [5.41, 5.74) is 1.70. The monoisotopic (exact) mass is 377 g/mol. The lowest BCUT2D eigenvalue weighted by atomic mass is 10.2. The van der Waals surface area contributed by atoms with Crippen LogP contribution in [0.2, 0.25) is 0 Å². The molecule has 138 valence electrons. The number of aromatic amines is 1. The topological polar surface area (TPSA) is 111 Å². The van der Waals surface area contributed by atoms with Crippen LogP contribution < -0.4 is 5.56 Å². The van der Waals surface area contributed by atoms with Gasteiger partial charge in [0.25, 0.3) is 5.56 Å². The van der Waals surface area contributed by atoms with Gasteiger partial charge in [-0.15, -0.1) is 0 Å². The van der Waals surface area contributed by atoms with Gasteiger partial charge in [-0.2, -0.15) is 0 Å². The number of carbonyl (C=O) groups excluding carboxylic acids is 1. The highest BCUT2D eigenvalue weighted by molar-refractivity contribution is 7.91. The second kappa shape index (κ2) is 6.91. The zero-order valence-electron chi connectivity index (χ0n) is 14.4. The van der Waals surface area contributed by atoms with Crippen molar-refractivity contribution in [2.75, 3.05) is 18.6 Å². The van der Waals surface area contributed by atoms with Gasteiger partial charge in [0.05, 0.1) is 41.5 Å². The summed E-state index contributed by atoms with van der Waals surface area (Å²) >= 11 is 0. The van der Waals surface area contributed by atoms with Crippen LogP contribution in [0, 0.1) is 6.92 Å². The Bertz CT molecular complexity index is 1020. The van der Waals surface area contributed by atoms with E-state index >= 15 is 0 Å². The van der Waals surface area contributed by atoms with Gasteiger partial charge in [-0.25, -0.2) is 17.9 Å². The van der Waals surface area contributed by atoms with Crippen LogP contribution in [0.4, 0.5) is 5.69 Å². The summed E-state index contributed by atoms with van der Waals surface area (Å²) in [7, 11) is -1.77. The fourth-order valence-electron chi connectivity index (χ4n) is 2.91. The highest BCUT2D eigenvalue weighted by atomic mass is 32.2. The van der Waals surface area contributed by atoms with Crippen LogP contribution in [0.1, 0.15) is 34.1 Å². The minimum absolute atomic E-state index is 0.0293. The molecule has 1 aliphatic rings. The lowest BCUT2D eigenvalue weighted by molar-refractivity contribution is 0.0600. The van der Waals surface area contributed by atoms with Crippen molar-refractivity contribution in [3.63, 3.8) is 0 Å². The second-order valence-corrected chi connectivity index (χ2v) is 8.41. The van der Waals surface area contributed by atoms with Crippen LogP contribution in [-0.2, 0) is 14.6 Å². The first-order chi connectivity index (χ1) is 12.3. The van der Waals surface area contributed by atoms with Gasteiger partial charge >= 0.3 is 5.97 Å². The number of nitrogens with zero attached hydrogens (tertiary/aromatic N) is 2. The van der Waals surface area contributed by atoms with Crippen molar-refractivity contribution < 1.29 is 17.9 Å². The molecule has 0 amide bonds. The van der Waals surface area contributed by atoms with E-state index in [1.54, 1.807) is 31.2 Å². The van der Waals surface area contributed by atoms with Crippen LogP contribution in [0.3, 0.4) is 0 Å². The first-order valence-electron chi connectivity index (χ1n) is 8.05. The number of benzene rings is 1. The lowest BCUT2D eigenvalue weighted by Crippen LogP contribution is -2.25. The smallest absolute Gasteiger partial charge is 0.337 e. The van der Waals surface area contributed by atoms with Gasteiger partial charge in [-0.05, 0) is 37.6 Å². The third-order valence-corrected chi connectivity index (χ3v) is 6.10. The Labute approximate surface area is 150 Å². The first-order valence-corrected chi connectivity index (χ1v) is 9.87. The van der Waals surface area contributed by atoms with E-state index in [-0.39, 0.29) is 23.1 Å². The summed E-state index contributed by atoms with van der Waals surface area (Å²) < 4.78 is 29.3. The van der Waals surface area contributed by atoms with Gasteiger partial charge in [0.15, 0.2) is 9.84 Å². The number of aliphatic imine (C=N–C) groups is 1. The van der Waals surface area contributed by atoms with E-state index in [0.29, 0.717) is 28.9 Å². The number of hydrogen-bond donors (Lipinski definition) is 1. The average Bonchev–Trinajstić information content (AvgIpc) is 3.12. The normalized spacial score (nSPS) is 19.1. The fraction of sp³-hybridized carbons (Fsp3) is 0.353. The van der Waals surface area contributed by atoms with Crippen molar-refractivity contribution in [2.24, 2.45) is 4.99 Å². The first kappa shape index (κ1) is 18.1. The minimum Gasteiger partial charge on any atom is -0.465 e. The van der Waals surface area contributed by atoms with Gasteiger partial charge in [0.2, 0.25) is 0 Å². The van der Waals surface area contributed by atoms with Crippen molar-refractivity contribution in [3.8, 4) is 0 Å². The Balaban J connectivity index is 1.83. The molecule has 0 bridgehead atoms. The molecule has 1 aliphatic heterocycles. The standard InChI is InChI=1S/C17H19N3O5S/c1-11-15(9-18-13-5-3-12(4-6-13)17(22)25-2)16(21)20(19-11)14-7-8-26(23,24)10-14/h3-6,9,14,19H,7-8,10H2,1-2H3. The van der Waals surface area contributed by atoms with Crippen LogP contribution in [0.15, 0.2) is 34.1 Å². The summed E-state index contributed by atoms with van der Waals surface area (Å²) in [4.78, 5) is 28.3. The average molecular weight is 377 g/mol. The summed E-state index contributed by atoms with van der Waals surface area (Å²) in [5.74, 6) is -0.368. The molecule has 8 nitrogen and oxygen atoms in total. The van der Waals surface area contributed by atoms with E-state index in [9.17, 15) is 18.0 Å². The van der Waals surface area contributed by atoms with Crippen molar-refractivity contribution in [1.82, 2.24) is 9.78 Å². The molecule has 1 aromatic carbocycles. The second-order valence-electron chi connectivity index (χ2n) is 6.18. The van der Waals surface area contributed by atoms with Crippen molar-refractivity contribution in [1.29, 1.82) is 0 Å². The number of methoxy groups -OCH3 is 1. The number of sulfone groups is 1. The number of esters is 1. The summed E-state index contributed by atoms with van der Waals surface area (Å²) in [6, 6.07) is 6.10. The van der Waals surface area contributed by atoms with Gasteiger partial charge in [-0.1, -0.05) is 0 Å². The minimum atomic E-state index is -3.08. The molecule has 0 saturated carbocycles. The fourth-order valence-corrected chi connectivity index (χ4v) is 4.61. The Morgan fingerprint density at radius 3 is 2.62 bits per heavy atom. The summed E-state index contributed by atoms with van der Waals surface area (Å²) in [6.45, 7) is 1.74. The maximum Gasteiger partial charge on any atom is 0.337 e. The molecule has 9 heteroatoms. The van der Waals surface area contributed by atoms with E-state index < -0.39 is 15.8 Å². The third-order valence-electron chi connectivity index (χ3n) is 4.35. The molecule has 0 radical (unpaired) electrons. The van der Waals surface area contributed by atoms with Crippen molar-refractivity contribution >= 4 is 27.7 Å². The lowest BCUT2D eigenvalue weighted by Gasteiger charge is -2.07. The predicted octanol–water partition coefficient (Wildman–Crippen LogP) is 1.38. The van der Waals surface area contributed by atoms with E-state index in [2.05, 4.69) is 14.8 Å². The number of ether oxygens (including phenoxy) is 1. The molecule has 1 N–H and O–H groups in total. The molecule has 1 aromatic heterocycles.